The molecule has 138 valence electrons. The Morgan fingerprint density at radius 3 is 2.62 bits per heavy atom. The number of ether oxygens (including phenoxy) is 1. The smallest absolute Gasteiger partial charge is 0.250 e. The van der Waals surface area contributed by atoms with Gasteiger partial charge in [-0.05, 0) is 31.9 Å². The average Bonchev–Trinajstić information content (AvgIpc) is 3.16. The molecule has 1 aromatic rings. The van der Waals surface area contributed by atoms with Crippen molar-refractivity contribution in [2.24, 2.45) is 11.8 Å². The van der Waals surface area contributed by atoms with Crippen molar-refractivity contribution in [3.63, 3.8) is 0 Å². The molecule has 4 rings (SSSR count). The van der Waals surface area contributed by atoms with E-state index in [1.807, 2.05) is 32.9 Å². The number of hydrogen-bond donors (Lipinski definition) is 2. The molecule has 3 amide bonds. The van der Waals surface area contributed by atoms with Gasteiger partial charge in [0.05, 0.1) is 25.0 Å². The van der Waals surface area contributed by atoms with E-state index in [9.17, 15) is 14.4 Å². The summed E-state index contributed by atoms with van der Waals surface area (Å²) in [5.74, 6) is -2.05. The van der Waals surface area contributed by atoms with Crippen molar-refractivity contribution in [3.05, 3.63) is 28.8 Å². The topological polar surface area (TPSA) is 87.7 Å². The second-order valence-electron chi connectivity index (χ2n) is 7.45. The van der Waals surface area contributed by atoms with Crippen LogP contribution in [0.1, 0.15) is 23.6 Å². The number of hydrogen-bond acceptors (Lipinski definition) is 5. The highest BCUT2D eigenvalue weighted by atomic mass is 16.5. The van der Waals surface area contributed by atoms with E-state index >= 15 is 0 Å². The molecule has 0 bridgehead atoms. The van der Waals surface area contributed by atoms with Crippen molar-refractivity contribution in [2.75, 3.05) is 25.6 Å². The first-order valence-electron chi connectivity index (χ1n) is 8.88. The number of likely N-dealkylation sites (tertiary alicyclic amines) is 1. The highest BCUT2D eigenvalue weighted by Crippen LogP contribution is 2.53. The summed E-state index contributed by atoms with van der Waals surface area (Å²) < 4.78 is 5.03. The van der Waals surface area contributed by atoms with E-state index in [0.29, 0.717) is 0 Å². The van der Waals surface area contributed by atoms with Crippen LogP contribution in [0, 0.1) is 25.7 Å². The van der Waals surface area contributed by atoms with Crippen molar-refractivity contribution in [3.8, 4) is 0 Å². The largest absolute Gasteiger partial charge is 0.383 e. The molecule has 3 aliphatic rings. The second kappa shape index (κ2) is 5.62. The Bertz CT molecular complexity index is 836. The number of imide groups is 1. The maximum absolute atomic E-state index is 13.1. The van der Waals surface area contributed by atoms with Crippen LogP contribution in [0.3, 0.4) is 0 Å². The van der Waals surface area contributed by atoms with E-state index in [2.05, 4.69) is 10.6 Å². The van der Waals surface area contributed by atoms with Crippen LogP contribution in [0.4, 0.5) is 5.69 Å². The van der Waals surface area contributed by atoms with Crippen molar-refractivity contribution in [1.82, 2.24) is 10.2 Å². The number of aryl methyl sites for hydroxylation is 1. The molecule has 0 saturated carbocycles. The standard InChI is InChI=1S/C19H23N3O4/c1-9-5-6-12-15(10(9)2)20-18(25)19(12)14-13(11(3)21-19)16(23)22(17(14)24)7-8-26-4/h5-6,11,13-14,21H,7-8H2,1-4H3,(H,20,25)/t11?,13-,14+,19?/m0/s1. The summed E-state index contributed by atoms with van der Waals surface area (Å²) in [4.78, 5) is 40.4. The Labute approximate surface area is 152 Å². The first-order chi connectivity index (χ1) is 12.3. The number of carbonyl (C=O) groups is 3. The SMILES string of the molecule is COCCN1C(=O)[C@H]2C(C)NC3(C(=O)Nc4c3ccc(C)c4C)[C@H]2C1=O. The van der Waals surface area contributed by atoms with Gasteiger partial charge in [-0.1, -0.05) is 12.1 Å². The summed E-state index contributed by atoms with van der Waals surface area (Å²) in [5, 5.41) is 6.27. The molecule has 2 unspecified atom stereocenters. The third kappa shape index (κ3) is 1.92. The van der Waals surface area contributed by atoms with Gasteiger partial charge >= 0.3 is 0 Å². The van der Waals surface area contributed by atoms with Gasteiger partial charge in [-0.3, -0.25) is 24.6 Å². The molecule has 1 spiro atoms. The van der Waals surface area contributed by atoms with E-state index in [0.717, 1.165) is 22.4 Å². The molecule has 7 heteroatoms. The predicted octanol–water partition coefficient (Wildman–Crippen LogP) is 0.690. The molecule has 7 nitrogen and oxygen atoms in total. The highest BCUT2D eigenvalue weighted by molar-refractivity contribution is 6.15. The predicted molar refractivity (Wildman–Crippen MR) is 94.4 cm³/mol. The van der Waals surface area contributed by atoms with Crippen molar-refractivity contribution < 1.29 is 19.1 Å². The van der Waals surface area contributed by atoms with Crippen LogP contribution < -0.4 is 10.6 Å². The van der Waals surface area contributed by atoms with Crippen molar-refractivity contribution >= 4 is 23.4 Å². The highest BCUT2D eigenvalue weighted by Gasteiger charge is 2.69. The zero-order valence-electron chi connectivity index (χ0n) is 15.4. The van der Waals surface area contributed by atoms with Gasteiger partial charge in [-0.2, -0.15) is 0 Å². The van der Waals surface area contributed by atoms with E-state index in [4.69, 9.17) is 4.74 Å². The Morgan fingerprint density at radius 2 is 1.92 bits per heavy atom. The number of fused-ring (bicyclic) bond motifs is 4. The summed E-state index contributed by atoms with van der Waals surface area (Å²) in [6.07, 6.45) is 0. The molecule has 3 heterocycles. The normalized spacial score (nSPS) is 32.4. The lowest BCUT2D eigenvalue weighted by atomic mass is 9.76. The average molecular weight is 357 g/mol. The summed E-state index contributed by atoms with van der Waals surface area (Å²) in [7, 11) is 1.53. The van der Waals surface area contributed by atoms with Gasteiger partial charge in [-0.25, -0.2) is 0 Å². The van der Waals surface area contributed by atoms with Crippen molar-refractivity contribution in [2.45, 2.75) is 32.4 Å². The molecule has 3 aliphatic heterocycles. The van der Waals surface area contributed by atoms with Gasteiger partial charge < -0.3 is 10.1 Å². The summed E-state index contributed by atoms with van der Waals surface area (Å²) in [6, 6.07) is 3.58. The number of nitrogens with zero attached hydrogens (tertiary/aromatic N) is 1. The minimum Gasteiger partial charge on any atom is -0.383 e. The molecule has 0 aromatic heterocycles. The molecule has 4 atom stereocenters. The minimum atomic E-state index is -1.19. The van der Waals surface area contributed by atoms with Gasteiger partial charge in [0.2, 0.25) is 17.7 Å². The van der Waals surface area contributed by atoms with E-state index in [1.165, 1.54) is 12.0 Å². The number of benzene rings is 1. The molecule has 2 N–H and O–H groups in total. The van der Waals surface area contributed by atoms with Crippen LogP contribution >= 0.6 is 0 Å². The van der Waals surface area contributed by atoms with Gasteiger partial charge in [0.25, 0.3) is 0 Å². The molecular weight excluding hydrogens is 334 g/mol. The van der Waals surface area contributed by atoms with Gasteiger partial charge in [-0.15, -0.1) is 0 Å². The molecule has 0 radical (unpaired) electrons. The third-order valence-corrected chi connectivity index (χ3v) is 6.18. The number of rotatable bonds is 3. The number of methoxy groups -OCH3 is 1. The quantitative estimate of drug-likeness (QED) is 0.777. The minimum absolute atomic E-state index is 0.214. The number of carbonyl (C=O) groups excluding carboxylic acids is 3. The maximum atomic E-state index is 13.1. The Kier molecular flexibility index (Phi) is 3.71. The summed E-state index contributed by atoms with van der Waals surface area (Å²) in [5.41, 5.74) is 2.38. The molecule has 2 fully saturated rings. The first-order valence-corrected chi connectivity index (χ1v) is 8.88. The molecule has 2 saturated heterocycles. The lowest BCUT2D eigenvalue weighted by molar-refractivity contribution is -0.143. The fourth-order valence-corrected chi connectivity index (χ4v) is 4.74. The fourth-order valence-electron chi connectivity index (χ4n) is 4.74. The maximum Gasteiger partial charge on any atom is 0.250 e. The monoisotopic (exact) mass is 357 g/mol. The number of amides is 3. The lowest BCUT2D eigenvalue weighted by Gasteiger charge is -2.29. The Morgan fingerprint density at radius 1 is 1.19 bits per heavy atom. The van der Waals surface area contributed by atoms with Crippen LogP contribution in [-0.2, 0) is 24.7 Å². The summed E-state index contributed by atoms with van der Waals surface area (Å²) in [6.45, 7) is 6.30. The van der Waals surface area contributed by atoms with Crippen LogP contribution in [0.15, 0.2) is 12.1 Å². The van der Waals surface area contributed by atoms with Gasteiger partial charge in [0, 0.05) is 24.4 Å². The van der Waals surface area contributed by atoms with Crippen LogP contribution in [0.2, 0.25) is 0 Å². The van der Waals surface area contributed by atoms with E-state index in [1.54, 1.807) is 0 Å². The molecule has 1 aromatic carbocycles. The lowest BCUT2D eigenvalue weighted by Crippen LogP contribution is -2.53. The van der Waals surface area contributed by atoms with Gasteiger partial charge in [0.1, 0.15) is 5.54 Å². The summed E-state index contributed by atoms with van der Waals surface area (Å²) >= 11 is 0. The number of anilines is 1. The zero-order valence-corrected chi connectivity index (χ0v) is 15.4. The van der Waals surface area contributed by atoms with E-state index < -0.39 is 17.4 Å². The fraction of sp³-hybridized carbons (Fsp3) is 0.526. The van der Waals surface area contributed by atoms with Crippen molar-refractivity contribution in [1.29, 1.82) is 0 Å². The zero-order chi connectivity index (χ0) is 18.8. The molecule has 26 heavy (non-hydrogen) atoms. The van der Waals surface area contributed by atoms with Crippen LogP contribution in [0.25, 0.3) is 0 Å². The molecule has 0 aliphatic carbocycles. The third-order valence-electron chi connectivity index (χ3n) is 6.18. The molecular formula is C19H23N3O4. The van der Waals surface area contributed by atoms with Gasteiger partial charge in [0.15, 0.2) is 0 Å². The Balaban J connectivity index is 1.85. The van der Waals surface area contributed by atoms with Crippen LogP contribution in [0.5, 0.6) is 0 Å². The van der Waals surface area contributed by atoms with E-state index in [-0.39, 0.29) is 36.9 Å². The number of nitrogens with one attached hydrogen (secondary N) is 2. The van der Waals surface area contributed by atoms with Crippen LogP contribution in [-0.4, -0.2) is 48.9 Å². The Hall–Kier alpha value is -2.25. The second-order valence-corrected chi connectivity index (χ2v) is 7.45. The first kappa shape index (κ1) is 17.2.